The van der Waals surface area contributed by atoms with Crippen molar-refractivity contribution in [1.29, 1.82) is 0 Å². The lowest BCUT2D eigenvalue weighted by atomic mass is 9.70. The van der Waals surface area contributed by atoms with Gasteiger partial charge in [0.05, 0.1) is 0 Å². The van der Waals surface area contributed by atoms with Crippen molar-refractivity contribution in [3.63, 3.8) is 0 Å². The molecule has 0 N–H and O–H groups in total. The summed E-state index contributed by atoms with van der Waals surface area (Å²) in [5, 5.41) is 2.87. The number of aryl methyl sites for hydroxylation is 1. The number of benzene rings is 5. The van der Waals surface area contributed by atoms with Crippen LogP contribution in [0.3, 0.4) is 0 Å². The van der Waals surface area contributed by atoms with Crippen molar-refractivity contribution >= 4 is 22.9 Å². The highest BCUT2D eigenvalue weighted by atomic mass is 14.4. The van der Waals surface area contributed by atoms with Crippen molar-refractivity contribution in [1.82, 2.24) is 0 Å². The third-order valence-corrected chi connectivity index (χ3v) is 13.0. The van der Waals surface area contributed by atoms with E-state index in [9.17, 15) is 0 Å². The summed E-state index contributed by atoms with van der Waals surface area (Å²) in [6.07, 6.45) is 9.64. The predicted molar refractivity (Wildman–Crippen MR) is 212 cm³/mol. The van der Waals surface area contributed by atoms with Crippen LogP contribution in [0.2, 0.25) is 0 Å². The first kappa shape index (κ1) is 32.1. The number of allylic oxidation sites excluding steroid dienone is 2. The maximum absolute atomic E-state index is 2.56. The molecule has 0 bridgehead atoms. The molecule has 0 fully saturated rings. The van der Waals surface area contributed by atoms with E-state index in [1.54, 1.807) is 11.1 Å². The highest BCUT2D eigenvalue weighted by molar-refractivity contribution is 6.06. The fourth-order valence-electron chi connectivity index (χ4n) is 9.33. The van der Waals surface area contributed by atoms with E-state index in [1.165, 1.54) is 72.0 Å². The van der Waals surface area contributed by atoms with Gasteiger partial charge in [-0.25, -0.2) is 0 Å². The summed E-state index contributed by atoms with van der Waals surface area (Å²) in [5.41, 5.74) is 18.5. The van der Waals surface area contributed by atoms with E-state index in [0.29, 0.717) is 5.92 Å². The minimum atomic E-state index is -0.0891. The monoisotopic (exact) mass is 640 g/mol. The fraction of sp³-hybridized carbons (Fsp3) is 0.347. The van der Waals surface area contributed by atoms with E-state index in [1.807, 2.05) is 0 Å². The summed E-state index contributed by atoms with van der Waals surface area (Å²) in [5.74, 6) is 0.457. The molecular formula is C49H52. The molecule has 2 unspecified atom stereocenters. The van der Waals surface area contributed by atoms with Gasteiger partial charge in [0, 0.05) is 22.2 Å². The number of fused-ring (bicyclic) bond motifs is 4. The van der Waals surface area contributed by atoms with Crippen LogP contribution in [0.15, 0.2) is 96.6 Å². The summed E-state index contributed by atoms with van der Waals surface area (Å²) < 4.78 is 0. The molecule has 0 heterocycles. The normalized spacial score (nSPS) is 18.6. The van der Waals surface area contributed by atoms with Gasteiger partial charge in [0.15, 0.2) is 0 Å². The van der Waals surface area contributed by atoms with Gasteiger partial charge in [-0.1, -0.05) is 171 Å². The SMILES string of the molecule is CCC(C)(c1ccc(C(C)(C)c2cccc(C)c2)cc1)c1ccc2c(c1)C(C)(C)c1cc3ccc4c5c3c(c1-2)C=CC5CC(C(C)(C)C)=C4. The Morgan fingerprint density at radius 1 is 0.735 bits per heavy atom. The minimum absolute atomic E-state index is 0.0563. The van der Waals surface area contributed by atoms with Gasteiger partial charge in [-0.05, 0) is 103 Å². The molecule has 2 atom stereocenters. The quantitative estimate of drug-likeness (QED) is 0.179. The van der Waals surface area contributed by atoms with Crippen molar-refractivity contribution in [3.8, 4) is 11.1 Å². The summed E-state index contributed by atoms with van der Waals surface area (Å²) in [6, 6.07) is 33.2. The third-order valence-electron chi connectivity index (χ3n) is 13.0. The predicted octanol–water partition coefficient (Wildman–Crippen LogP) is 13.4. The second-order valence-electron chi connectivity index (χ2n) is 17.6. The molecule has 0 spiro atoms. The molecule has 3 aliphatic rings. The molecule has 248 valence electrons. The van der Waals surface area contributed by atoms with Crippen molar-refractivity contribution in [2.24, 2.45) is 5.41 Å². The standard InChI is InChI=1S/C49H52/c1-11-49(10,35-20-18-34(19-21-35)47(6,7)36-14-12-13-30(2)25-36)37-22-24-39-41(29-37)48(8,9)42-28-33-16-15-31-26-38(46(3,4)5)27-32-17-23-40(45(39)42)44(33)43(31)32/h12-26,28-29,32H,11,27H2,1-10H3. The van der Waals surface area contributed by atoms with Gasteiger partial charge in [-0.2, -0.15) is 0 Å². The van der Waals surface area contributed by atoms with Crippen molar-refractivity contribution in [3.05, 3.63) is 152 Å². The van der Waals surface area contributed by atoms with Crippen LogP contribution in [0, 0.1) is 12.3 Å². The van der Waals surface area contributed by atoms with Crippen LogP contribution in [0.5, 0.6) is 0 Å². The van der Waals surface area contributed by atoms with Gasteiger partial charge in [0.2, 0.25) is 0 Å². The molecule has 0 aromatic heterocycles. The van der Waals surface area contributed by atoms with Gasteiger partial charge in [-0.3, -0.25) is 0 Å². The molecule has 8 rings (SSSR count). The summed E-state index contributed by atoms with van der Waals surface area (Å²) in [6.45, 7) is 23.6. The van der Waals surface area contributed by atoms with Gasteiger partial charge >= 0.3 is 0 Å². The molecule has 5 aromatic rings. The van der Waals surface area contributed by atoms with Gasteiger partial charge in [0.25, 0.3) is 0 Å². The molecule has 5 aromatic carbocycles. The molecular weight excluding hydrogens is 589 g/mol. The van der Waals surface area contributed by atoms with Crippen molar-refractivity contribution in [2.45, 2.75) is 104 Å². The zero-order valence-corrected chi connectivity index (χ0v) is 31.3. The molecule has 49 heavy (non-hydrogen) atoms. The van der Waals surface area contributed by atoms with Crippen molar-refractivity contribution in [2.75, 3.05) is 0 Å². The maximum Gasteiger partial charge on any atom is 0.0172 e. The lowest BCUT2D eigenvalue weighted by molar-refractivity contribution is 0.477. The molecule has 0 aliphatic heterocycles. The first-order valence-corrected chi connectivity index (χ1v) is 18.5. The van der Waals surface area contributed by atoms with Crippen LogP contribution >= 0.6 is 0 Å². The molecule has 0 radical (unpaired) electrons. The zero-order chi connectivity index (χ0) is 34.7. The van der Waals surface area contributed by atoms with Crippen LogP contribution in [0.25, 0.3) is 34.1 Å². The maximum atomic E-state index is 2.56. The van der Waals surface area contributed by atoms with Gasteiger partial charge in [0.1, 0.15) is 0 Å². The van der Waals surface area contributed by atoms with E-state index < -0.39 is 0 Å². The second kappa shape index (κ2) is 10.7. The number of hydrogen-bond acceptors (Lipinski definition) is 0. The highest BCUT2D eigenvalue weighted by Gasteiger charge is 2.41. The Morgan fingerprint density at radius 2 is 1.45 bits per heavy atom. The molecule has 0 amide bonds. The summed E-state index contributed by atoms with van der Waals surface area (Å²) in [7, 11) is 0. The van der Waals surface area contributed by atoms with Crippen LogP contribution in [-0.4, -0.2) is 0 Å². The third kappa shape index (κ3) is 4.70. The lowest BCUT2D eigenvalue weighted by Crippen LogP contribution is -2.25. The van der Waals surface area contributed by atoms with E-state index in [-0.39, 0.29) is 21.7 Å². The fourth-order valence-corrected chi connectivity index (χ4v) is 9.33. The first-order valence-electron chi connectivity index (χ1n) is 18.5. The summed E-state index contributed by atoms with van der Waals surface area (Å²) >= 11 is 0. The Balaban J connectivity index is 1.22. The van der Waals surface area contributed by atoms with E-state index in [2.05, 4.69) is 172 Å². The Kier molecular flexibility index (Phi) is 6.98. The molecule has 0 heteroatoms. The smallest absolute Gasteiger partial charge is 0.0172 e. The van der Waals surface area contributed by atoms with Crippen LogP contribution in [-0.2, 0) is 16.2 Å². The second-order valence-corrected chi connectivity index (χ2v) is 17.6. The van der Waals surface area contributed by atoms with E-state index in [0.717, 1.165) is 12.8 Å². The van der Waals surface area contributed by atoms with Crippen LogP contribution < -0.4 is 0 Å². The van der Waals surface area contributed by atoms with Gasteiger partial charge < -0.3 is 0 Å². The number of rotatable bonds is 5. The van der Waals surface area contributed by atoms with Crippen molar-refractivity contribution < 1.29 is 0 Å². The molecule has 3 aliphatic carbocycles. The minimum Gasteiger partial charge on any atom is -0.0760 e. The summed E-state index contributed by atoms with van der Waals surface area (Å²) in [4.78, 5) is 0. The van der Waals surface area contributed by atoms with Crippen LogP contribution in [0.4, 0.5) is 0 Å². The molecule has 0 nitrogen and oxygen atoms in total. The zero-order valence-electron chi connectivity index (χ0n) is 31.3. The Hall–Kier alpha value is -4.16. The largest absolute Gasteiger partial charge is 0.0760 e. The van der Waals surface area contributed by atoms with E-state index in [4.69, 9.17) is 0 Å². The Bertz CT molecular complexity index is 2220. The topological polar surface area (TPSA) is 0 Å². The average Bonchev–Trinajstić information content (AvgIpc) is 3.31. The molecule has 0 saturated heterocycles. The number of hydrogen-bond donors (Lipinski definition) is 0. The van der Waals surface area contributed by atoms with Gasteiger partial charge in [-0.15, -0.1) is 0 Å². The van der Waals surface area contributed by atoms with E-state index >= 15 is 0 Å². The van der Waals surface area contributed by atoms with Crippen LogP contribution in [0.1, 0.15) is 137 Å². The Labute approximate surface area is 295 Å². The first-order chi connectivity index (χ1) is 23.1. The average molecular weight is 641 g/mol. The highest BCUT2D eigenvalue weighted by Crippen LogP contribution is 2.56. The molecule has 0 saturated carbocycles. The Morgan fingerprint density at radius 3 is 2.14 bits per heavy atom. The lowest BCUT2D eigenvalue weighted by Gasteiger charge is -2.34.